The Kier molecular flexibility index (Phi) is 4.84. The SMILES string of the molecule is Cc1cc2c(NCC(=O)NC(C)C)nc(N3CCOCC3)nc2[nH]1. The molecular weight excluding hydrogens is 308 g/mol. The van der Waals surface area contributed by atoms with Crippen molar-refractivity contribution in [3.63, 3.8) is 0 Å². The number of ether oxygens (including phenoxy) is 1. The molecule has 0 bridgehead atoms. The largest absolute Gasteiger partial charge is 0.378 e. The minimum Gasteiger partial charge on any atom is -0.378 e. The number of anilines is 2. The first-order chi connectivity index (χ1) is 11.5. The van der Waals surface area contributed by atoms with Gasteiger partial charge in [-0.1, -0.05) is 0 Å². The van der Waals surface area contributed by atoms with Crippen LogP contribution >= 0.6 is 0 Å². The number of hydrogen-bond acceptors (Lipinski definition) is 6. The summed E-state index contributed by atoms with van der Waals surface area (Å²) in [6.45, 7) is 8.90. The Morgan fingerprint density at radius 3 is 2.83 bits per heavy atom. The third kappa shape index (κ3) is 3.76. The molecule has 1 aliphatic rings. The number of nitrogens with zero attached hydrogens (tertiary/aromatic N) is 3. The maximum absolute atomic E-state index is 11.9. The maximum Gasteiger partial charge on any atom is 0.239 e. The third-order valence-corrected chi connectivity index (χ3v) is 3.77. The van der Waals surface area contributed by atoms with E-state index < -0.39 is 0 Å². The van der Waals surface area contributed by atoms with Crippen LogP contribution in [0.3, 0.4) is 0 Å². The van der Waals surface area contributed by atoms with E-state index in [9.17, 15) is 4.79 Å². The Hall–Kier alpha value is -2.35. The number of morpholine rings is 1. The first-order valence-corrected chi connectivity index (χ1v) is 8.26. The molecule has 0 unspecified atom stereocenters. The Bertz CT molecular complexity index is 721. The van der Waals surface area contributed by atoms with Crippen LogP contribution in [0.25, 0.3) is 11.0 Å². The van der Waals surface area contributed by atoms with E-state index in [-0.39, 0.29) is 18.5 Å². The number of hydrogen-bond donors (Lipinski definition) is 3. The van der Waals surface area contributed by atoms with Gasteiger partial charge in [-0.15, -0.1) is 0 Å². The molecule has 0 aliphatic carbocycles. The van der Waals surface area contributed by atoms with Gasteiger partial charge in [0.15, 0.2) is 0 Å². The lowest BCUT2D eigenvalue weighted by molar-refractivity contribution is -0.119. The monoisotopic (exact) mass is 332 g/mol. The lowest BCUT2D eigenvalue weighted by Crippen LogP contribution is -2.37. The Morgan fingerprint density at radius 2 is 2.12 bits per heavy atom. The smallest absolute Gasteiger partial charge is 0.239 e. The lowest BCUT2D eigenvalue weighted by atomic mass is 10.3. The van der Waals surface area contributed by atoms with Crippen molar-refractivity contribution in [3.05, 3.63) is 11.8 Å². The summed E-state index contributed by atoms with van der Waals surface area (Å²) in [5, 5.41) is 6.90. The van der Waals surface area contributed by atoms with Gasteiger partial charge in [0.1, 0.15) is 11.5 Å². The summed E-state index contributed by atoms with van der Waals surface area (Å²) >= 11 is 0. The van der Waals surface area contributed by atoms with Gasteiger partial charge in [0.05, 0.1) is 25.1 Å². The van der Waals surface area contributed by atoms with Gasteiger partial charge < -0.3 is 25.3 Å². The van der Waals surface area contributed by atoms with E-state index in [4.69, 9.17) is 4.74 Å². The predicted octanol–water partition coefficient (Wildman–Crippen LogP) is 1.04. The highest BCUT2D eigenvalue weighted by Gasteiger charge is 2.18. The van der Waals surface area contributed by atoms with E-state index in [1.807, 2.05) is 26.8 Å². The van der Waals surface area contributed by atoms with Gasteiger partial charge in [-0.2, -0.15) is 9.97 Å². The van der Waals surface area contributed by atoms with Gasteiger partial charge in [0.2, 0.25) is 11.9 Å². The molecule has 2 aromatic rings. The van der Waals surface area contributed by atoms with Crippen LogP contribution in [0.1, 0.15) is 19.5 Å². The van der Waals surface area contributed by atoms with Crippen LogP contribution in [-0.4, -0.2) is 59.7 Å². The Labute approximate surface area is 141 Å². The number of carbonyl (C=O) groups excluding carboxylic acids is 1. The second kappa shape index (κ2) is 7.04. The highest BCUT2D eigenvalue weighted by molar-refractivity contribution is 5.91. The zero-order chi connectivity index (χ0) is 17.1. The van der Waals surface area contributed by atoms with Crippen LogP contribution < -0.4 is 15.5 Å². The van der Waals surface area contributed by atoms with Crippen LogP contribution in [0.4, 0.5) is 11.8 Å². The normalized spacial score (nSPS) is 15.1. The number of carbonyl (C=O) groups is 1. The summed E-state index contributed by atoms with van der Waals surface area (Å²) in [4.78, 5) is 26.5. The van der Waals surface area contributed by atoms with Crippen LogP contribution in [-0.2, 0) is 9.53 Å². The minimum atomic E-state index is -0.0584. The fourth-order valence-corrected chi connectivity index (χ4v) is 2.71. The maximum atomic E-state index is 11.9. The van der Waals surface area contributed by atoms with E-state index in [1.54, 1.807) is 0 Å². The van der Waals surface area contributed by atoms with E-state index in [0.29, 0.717) is 25.0 Å². The second-order valence-electron chi connectivity index (χ2n) is 6.26. The molecule has 2 aromatic heterocycles. The van der Waals surface area contributed by atoms with Crippen molar-refractivity contribution in [1.82, 2.24) is 20.3 Å². The van der Waals surface area contributed by atoms with Crippen molar-refractivity contribution in [2.45, 2.75) is 26.8 Å². The number of fused-ring (bicyclic) bond motifs is 1. The molecule has 130 valence electrons. The minimum absolute atomic E-state index is 0.0584. The molecular formula is C16H24N6O2. The molecule has 0 aromatic carbocycles. The van der Waals surface area contributed by atoms with Gasteiger partial charge in [0.25, 0.3) is 0 Å². The topological polar surface area (TPSA) is 95.2 Å². The van der Waals surface area contributed by atoms with Gasteiger partial charge >= 0.3 is 0 Å². The standard InChI is InChI=1S/C16H24N6O2/c1-10(2)18-13(23)9-17-14-12-8-11(3)19-15(12)21-16(20-14)22-4-6-24-7-5-22/h8,10H,4-7,9H2,1-3H3,(H,18,23)(H2,17,19,20,21). The average Bonchev–Trinajstić information content (AvgIpc) is 2.93. The van der Waals surface area contributed by atoms with Crippen LogP contribution in [0, 0.1) is 6.92 Å². The molecule has 1 saturated heterocycles. The average molecular weight is 332 g/mol. The fraction of sp³-hybridized carbons (Fsp3) is 0.562. The van der Waals surface area contributed by atoms with Gasteiger partial charge in [0, 0.05) is 24.8 Å². The molecule has 8 heteroatoms. The number of rotatable bonds is 5. The summed E-state index contributed by atoms with van der Waals surface area (Å²) in [6, 6.07) is 2.10. The summed E-state index contributed by atoms with van der Waals surface area (Å²) in [7, 11) is 0. The molecule has 3 heterocycles. The van der Waals surface area contributed by atoms with Crippen molar-refractivity contribution >= 4 is 28.7 Å². The second-order valence-corrected chi connectivity index (χ2v) is 6.26. The Balaban J connectivity index is 1.85. The number of amides is 1. The van der Waals surface area contributed by atoms with Gasteiger partial charge in [-0.05, 0) is 26.8 Å². The molecule has 1 aliphatic heterocycles. The first-order valence-electron chi connectivity index (χ1n) is 8.26. The summed E-state index contributed by atoms with van der Waals surface area (Å²) in [6.07, 6.45) is 0. The van der Waals surface area contributed by atoms with E-state index in [0.717, 1.165) is 29.8 Å². The van der Waals surface area contributed by atoms with Gasteiger partial charge in [-0.25, -0.2) is 0 Å². The van der Waals surface area contributed by atoms with Crippen LogP contribution in [0.5, 0.6) is 0 Å². The number of aryl methyl sites for hydroxylation is 1. The van der Waals surface area contributed by atoms with Crippen molar-refractivity contribution in [2.75, 3.05) is 43.1 Å². The van der Waals surface area contributed by atoms with Crippen molar-refractivity contribution in [2.24, 2.45) is 0 Å². The molecule has 0 atom stereocenters. The molecule has 0 saturated carbocycles. The van der Waals surface area contributed by atoms with E-state index >= 15 is 0 Å². The molecule has 0 radical (unpaired) electrons. The first kappa shape index (κ1) is 16.5. The number of H-pyrrole nitrogens is 1. The summed E-state index contributed by atoms with van der Waals surface area (Å²) < 4.78 is 5.39. The van der Waals surface area contributed by atoms with Crippen LogP contribution in [0.2, 0.25) is 0 Å². The van der Waals surface area contributed by atoms with Crippen molar-refractivity contribution < 1.29 is 9.53 Å². The Morgan fingerprint density at radius 1 is 1.38 bits per heavy atom. The van der Waals surface area contributed by atoms with E-state index in [2.05, 4.69) is 30.5 Å². The molecule has 0 spiro atoms. The highest BCUT2D eigenvalue weighted by atomic mass is 16.5. The number of nitrogens with one attached hydrogen (secondary N) is 3. The third-order valence-electron chi connectivity index (χ3n) is 3.77. The predicted molar refractivity (Wildman–Crippen MR) is 93.4 cm³/mol. The summed E-state index contributed by atoms with van der Waals surface area (Å²) in [5.41, 5.74) is 1.78. The van der Waals surface area contributed by atoms with E-state index in [1.165, 1.54) is 0 Å². The zero-order valence-corrected chi connectivity index (χ0v) is 14.3. The van der Waals surface area contributed by atoms with Crippen molar-refractivity contribution in [3.8, 4) is 0 Å². The molecule has 1 amide bonds. The van der Waals surface area contributed by atoms with Crippen LogP contribution in [0.15, 0.2) is 6.07 Å². The molecule has 1 fully saturated rings. The molecule has 8 nitrogen and oxygen atoms in total. The molecule has 3 N–H and O–H groups in total. The lowest BCUT2D eigenvalue weighted by Gasteiger charge is -2.27. The van der Waals surface area contributed by atoms with Gasteiger partial charge in [-0.3, -0.25) is 4.79 Å². The number of aromatic amines is 1. The van der Waals surface area contributed by atoms with Crippen molar-refractivity contribution in [1.29, 1.82) is 0 Å². The highest BCUT2D eigenvalue weighted by Crippen LogP contribution is 2.24. The zero-order valence-electron chi connectivity index (χ0n) is 14.3. The number of aromatic nitrogens is 3. The molecule has 24 heavy (non-hydrogen) atoms. The fourth-order valence-electron chi connectivity index (χ4n) is 2.71. The summed E-state index contributed by atoms with van der Waals surface area (Å²) in [5.74, 6) is 1.26. The quantitative estimate of drug-likeness (QED) is 0.757. The molecule has 3 rings (SSSR count).